The molecule has 0 radical (unpaired) electrons. The summed E-state index contributed by atoms with van der Waals surface area (Å²) in [5, 5.41) is 7.12. The van der Waals surface area contributed by atoms with Crippen molar-refractivity contribution in [3.05, 3.63) is 48.7 Å². The van der Waals surface area contributed by atoms with Crippen LogP contribution in [0.15, 0.2) is 43.0 Å². The van der Waals surface area contributed by atoms with Crippen LogP contribution in [0, 0.1) is 5.92 Å². The van der Waals surface area contributed by atoms with E-state index in [4.69, 9.17) is 19.4 Å². The number of aromatic nitrogens is 3. The fraction of sp³-hybridized carbons (Fsp3) is 0.421. The summed E-state index contributed by atoms with van der Waals surface area (Å²) in [4.78, 5) is 35.1. The molecule has 1 unspecified atom stereocenters. The molecule has 4 heterocycles. The number of carbonyl (C=O) groups is 2. The predicted molar refractivity (Wildman–Crippen MR) is 98.1 cm³/mol. The van der Waals surface area contributed by atoms with Crippen molar-refractivity contribution in [3.8, 4) is 5.88 Å². The number of alkyl halides is 3. The van der Waals surface area contributed by atoms with Gasteiger partial charge in [0.1, 0.15) is 17.6 Å². The Kier molecular flexibility index (Phi) is 6.68. The SMILES string of the molecule is O=C(O)C(F)(F)F.O=C(c1ccncn1)N1CC2(C1)OCCC2COc1ccccn1. The molecule has 166 valence electrons. The van der Waals surface area contributed by atoms with Crippen LogP contribution in [0.25, 0.3) is 0 Å². The van der Waals surface area contributed by atoms with E-state index in [1.807, 2.05) is 18.2 Å². The van der Waals surface area contributed by atoms with Crippen LogP contribution >= 0.6 is 0 Å². The molecular formula is C19H19F3N4O5. The van der Waals surface area contributed by atoms with Gasteiger partial charge >= 0.3 is 12.1 Å². The third kappa shape index (κ3) is 5.45. The normalized spacial score (nSPS) is 19.2. The zero-order chi connectivity index (χ0) is 22.5. The highest BCUT2D eigenvalue weighted by molar-refractivity contribution is 5.93. The second kappa shape index (κ2) is 9.25. The Labute approximate surface area is 174 Å². The molecule has 2 aromatic rings. The first-order valence-corrected chi connectivity index (χ1v) is 9.24. The Hall–Kier alpha value is -3.28. The predicted octanol–water partition coefficient (Wildman–Crippen LogP) is 1.81. The van der Waals surface area contributed by atoms with Crippen molar-refractivity contribution in [2.75, 3.05) is 26.3 Å². The molecule has 2 aromatic heterocycles. The molecule has 1 N–H and O–H groups in total. The van der Waals surface area contributed by atoms with Gasteiger partial charge < -0.3 is 19.5 Å². The standard InChI is InChI=1S/C17H18N4O3.C2HF3O2/c22-16(14-4-7-18-12-20-14)21-10-17(11-21)13(5-8-24-17)9-23-15-3-1-2-6-19-15;3-2(4,5)1(6)7/h1-4,6-7,12-13H,5,8-11H2;(H,6,7). The van der Waals surface area contributed by atoms with Gasteiger partial charge in [0.15, 0.2) is 0 Å². The molecule has 9 nitrogen and oxygen atoms in total. The molecule has 1 spiro atoms. The third-order valence-electron chi connectivity index (χ3n) is 4.92. The van der Waals surface area contributed by atoms with E-state index in [2.05, 4.69) is 15.0 Å². The van der Waals surface area contributed by atoms with Crippen LogP contribution < -0.4 is 4.74 Å². The van der Waals surface area contributed by atoms with Crippen molar-refractivity contribution >= 4 is 11.9 Å². The van der Waals surface area contributed by atoms with Crippen molar-refractivity contribution in [3.63, 3.8) is 0 Å². The van der Waals surface area contributed by atoms with Crippen molar-refractivity contribution in [2.45, 2.75) is 18.2 Å². The van der Waals surface area contributed by atoms with E-state index in [-0.39, 0.29) is 17.4 Å². The average molecular weight is 440 g/mol. The van der Waals surface area contributed by atoms with Crippen molar-refractivity contribution in [2.24, 2.45) is 5.92 Å². The molecule has 2 fully saturated rings. The summed E-state index contributed by atoms with van der Waals surface area (Å²) < 4.78 is 43.5. The minimum atomic E-state index is -5.08. The lowest BCUT2D eigenvalue weighted by atomic mass is 9.81. The molecule has 0 saturated carbocycles. The fourth-order valence-electron chi connectivity index (χ4n) is 3.31. The number of rotatable bonds is 4. The van der Waals surface area contributed by atoms with Gasteiger partial charge in [-0.05, 0) is 18.6 Å². The molecule has 0 bridgehead atoms. The molecule has 2 aliphatic rings. The summed E-state index contributed by atoms with van der Waals surface area (Å²) >= 11 is 0. The summed E-state index contributed by atoms with van der Waals surface area (Å²) in [5.74, 6) is -1.96. The Balaban J connectivity index is 0.000000339. The summed E-state index contributed by atoms with van der Waals surface area (Å²) in [6.45, 7) is 2.40. The number of nitrogens with zero attached hydrogens (tertiary/aromatic N) is 4. The first kappa shape index (κ1) is 22.4. The van der Waals surface area contributed by atoms with E-state index >= 15 is 0 Å². The Morgan fingerprint density at radius 1 is 1.23 bits per heavy atom. The van der Waals surface area contributed by atoms with Gasteiger partial charge in [0.25, 0.3) is 5.91 Å². The van der Waals surface area contributed by atoms with Crippen LogP contribution in [0.2, 0.25) is 0 Å². The minimum Gasteiger partial charge on any atom is -0.477 e. The molecule has 4 rings (SSSR count). The first-order valence-electron chi connectivity index (χ1n) is 9.24. The van der Waals surface area contributed by atoms with Crippen LogP contribution in [-0.2, 0) is 9.53 Å². The molecule has 2 saturated heterocycles. The Morgan fingerprint density at radius 2 is 1.97 bits per heavy atom. The Morgan fingerprint density at radius 3 is 2.55 bits per heavy atom. The fourth-order valence-corrected chi connectivity index (χ4v) is 3.31. The molecule has 0 aliphatic carbocycles. The number of amides is 1. The lowest BCUT2D eigenvalue weighted by Gasteiger charge is -2.49. The van der Waals surface area contributed by atoms with Gasteiger partial charge in [-0.15, -0.1) is 0 Å². The topological polar surface area (TPSA) is 115 Å². The lowest BCUT2D eigenvalue weighted by Crippen LogP contribution is -2.66. The number of pyridine rings is 1. The number of hydrogen-bond acceptors (Lipinski definition) is 7. The number of carboxylic acids is 1. The van der Waals surface area contributed by atoms with E-state index in [0.29, 0.717) is 37.9 Å². The summed E-state index contributed by atoms with van der Waals surface area (Å²) in [5.41, 5.74) is 0.122. The van der Waals surface area contributed by atoms with Gasteiger partial charge in [-0.2, -0.15) is 13.2 Å². The number of hydrogen-bond donors (Lipinski definition) is 1. The molecular weight excluding hydrogens is 421 g/mol. The maximum Gasteiger partial charge on any atom is 0.490 e. The van der Waals surface area contributed by atoms with Crippen LogP contribution in [0.1, 0.15) is 16.9 Å². The number of ether oxygens (including phenoxy) is 2. The molecule has 1 amide bonds. The van der Waals surface area contributed by atoms with Gasteiger partial charge in [0, 0.05) is 31.0 Å². The Bertz CT molecular complexity index is 892. The second-order valence-corrected chi connectivity index (χ2v) is 6.94. The van der Waals surface area contributed by atoms with Gasteiger partial charge in [0.2, 0.25) is 5.88 Å². The van der Waals surface area contributed by atoms with Gasteiger partial charge in [-0.25, -0.2) is 19.7 Å². The molecule has 31 heavy (non-hydrogen) atoms. The number of likely N-dealkylation sites (tertiary alicyclic amines) is 1. The van der Waals surface area contributed by atoms with E-state index in [1.54, 1.807) is 23.4 Å². The summed E-state index contributed by atoms with van der Waals surface area (Å²) in [6.07, 6.45) is 0.522. The van der Waals surface area contributed by atoms with Gasteiger partial charge in [0.05, 0.1) is 19.7 Å². The zero-order valence-corrected chi connectivity index (χ0v) is 16.2. The smallest absolute Gasteiger partial charge is 0.477 e. The number of carboxylic acid groups (broad SMARTS) is 1. The van der Waals surface area contributed by atoms with Gasteiger partial charge in [-0.1, -0.05) is 6.07 Å². The molecule has 0 aromatic carbocycles. The van der Waals surface area contributed by atoms with Gasteiger partial charge in [-0.3, -0.25) is 4.79 Å². The highest BCUT2D eigenvalue weighted by Crippen LogP contribution is 2.40. The largest absolute Gasteiger partial charge is 0.490 e. The van der Waals surface area contributed by atoms with Crippen LogP contribution in [-0.4, -0.2) is 74.9 Å². The maximum atomic E-state index is 12.4. The minimum absolute atomic E-state index is 0.0806. The number of carbonyl (C=O) groups excluding carboxylic acids is 1. The third-order valence-corrected chi connectivity index (χ3v) is 4.92. The van der Waals surface area contributed by atoms with E-state index in [0.717, 1.165) is 6.42 Å². The van der Waals surface area contributed by atoms with E-state index in [9.17, 15) is 18.0 Å². The van der Waals surface area contributed by atoms with Crippen molar-refractivity contribution in [1.82, 2.24) is 19.9 Å². The number of aliphatic carboxylic acids is 1. The second-order valence-electron chi connectivity index (χ2n) is 6.94. The maximum absolute atomic E-state index is 12.4. The summed E-state index contributed by atoms with van der Waals surface area (Å²) in [6, 6.07) is 7.23. The highest BCUT2D eigenvalue weighted by atomic mass is 19.4. The van der Waals surface area contributed by atoms with Crippen LogP contribution in [0.4, 0.5) is 13.2 Å². The van der Waals surface area contributed by atoms with Crippen LogP contribution in [0.3, 0.4) is 0 Å². The lowest BCUT2D eigenvalue weighted by molar-refractivity contribution is -0.192. The first-order chi connectivity index (χ1) is 14.7. The summed E-state index contributed by atoms with van der Waals surface area (Å²) in [7, 11) is 0. The zero-order valence-electron chi connectivity index (χ0n) is 16.2. The van der Waals surface area contributed by atoms with Crippen LogP contribution in [0.5, 0.6) is 5.88 Å². The molecule has 12 heteroatoms. The quantitative estimate of drug-likeness (QED) is 0.766. The highest BCUT2D eigenvalue weighted by Gasteiger charge is 2.55. The van der Waals surface area contributed by atoms with E-state index in [1.165, 1.54) is 6.33 Å². The average Bonchev–Trinajstić information content (AvgIpc) is 3.16. The molecule has 2 aliphatic heterocycles. The molecule has 1 atom stereocenters. The van der Waals surface area contributed by atoms with Crippen molar-refractivity contribution < 1.29 is 37.3 Å². The van der Waals surface area contributed by atoms with Crippen molar-refractivity contribution in [1.29, 1.82) is 0 Å². The number of halogens is 3. The van der Waals surface area contributed by atoms with E-state index < -0.39 is 12.1 Å². The monoisotopic (exact) mass is 440 g/mol.